The Hall–Kier alpha value is -1.26. The van der Waals surface area contributed by atoms with Crippen molar-refractivity contribution in [2.75, 3.05) is 13.6 Å². The number of carboxylic acids is 1. The molecule has 1 atom stereocenters. The molecule has 0 rings (SSSR count). The number of hydrogen-bond acceptors (Lipinski definition) is 2. The molecule has 0 fully saturated rings. The molecule has 0 aromatic heterocycles. The topological polar surface area (TPSA) is 69.6 Å². The predicted octanol–water partition coefficient (Wildman–Crippen LogP) is 0.757. The highest BCUT2D eigenvalue weighted by atomic mass is 16.4. The van der Waals surface area contributed by atoms with Gasteiger partial charge in [-0.1, -0.05) is 6.92 Å². The molecule has 0 aliphatic rings. The summed E-state index contributed by atoms with van der Waals surface area (Å²) in [6.45, 7) is 5.49. The maximum absolute atomic E-state index is 11.3. The van der Waals surface area contributed by atoms with E-state index >= 15 is 0 Å². The molecule has 0 saturated heterocycles. The zero-order valence-electron chi connectivity index (χ0n) is 9.07. The van der Waals surface area contributed by atoms with Gasteiger partial charge in [0.25, 0.3) is 0 Å². The number of nitrogens with one attached hydrogen (secondary N) is 1. The van der Waals surface area contributed by atoms with Crippen LogP contribution in [-0.2, 0) is 4.79 Å². The smallest absolute Gasteiger partial charge is 0.317 e. The number of carboxylic acid groups (broad SMARTS) is 1. The van der Waals surface area contributed by atoms with E-state index < -0.39 is 11.9 Å². The lowest BCUT2D eigenvalue weighted by atomic mass is 10.2. The number of carbonyl (C=O) groups is 2. The average molecular weight is 202 g/mol. The quantitative estimate of drug-likeness (QED) is 0.707. The van der Waals surface area contributed by atoms with Gasteiger partial charge in [-0.05, 0) is 13.8 Å². The van der Waals surface area contributed by atoms with Crippen LogP contribution in [0, 0.1) is 5.92 Å². The first-order valence-electron chi connectivity index (χ1n) is 4.59. The SMILES string of the molecule is CC(CNC(=O)N(C)C(C)C)C(=O)O. The first-order chi connectivity index (χ1) is 6.36. The minimum Gasteiger partial charge on any atom is -0.481 e. The standard InChI is InChI=1S/C9H18N2O3/c1-6(2)11(4)9(14)10-5-7(3)8(12)13/h6-7H,5H2,1-4H3,(H,10,14)(H,12,13). The van der Waals surface area contributed by atoms with Crippen LogP contribution in [0.4, 0.5) is 4.79 Å². The summed E-state index contributed by atoms with van der Waals surface area (Å²) in [5.41, 5.74) is 0. The summed E-state index contributed by atoms with van der Waals surface area (Å²) in [6, 6.07) is -0.136. The number of hydrogen-bond donors (Lipinski definition) is 2. The van der Waals surface area contributed by atoms with Gasteiger partial charge in [-0.2, -0.15) is 0 Å². The molecule has 0 aliphatic heterocycles. The van der Waals surface area contributed by atoms with Gasteiger partial charge in [-0.3, -0.25) is 4.79 Å². The molecule has 5 heteroatoms. The highest BCUT2D eigenvalue weighted by Crippen LogP contribution is 1.96. The van der Waals surface area contributed by atoms with Crippen LogP contribution in [0.1, 0.15) is 20.8 Å². The highest BCUT2D eigenvalue weighted by Gasteiger charge is 2.15. The second-order valence-electron chi connectivity index (χ2n) is 3.63. The van der Waals surface area contributed by atoms with Crippen LogP contribution in [-0.4, -0.2) is 41.6 Å². The van der Waals surface area contributed by atoms with Crippen molar-refractivity contribution < 1.29 is 14.7 Å². The van der Waals surface area contributed by atoms with Gasteiger partial charge in [0, 0.05) is 19.6 Å². The fourth-order valence-corrected chi connectivity index (χ4v) is 0.687. The van der Waals surface area contributed by atoms with Gasteiger partial charge < -0.3 is 15.3 Å². The fourth-order valence-electron chi connectivity index (χ4n) is 0.687. The van der Waals surface area contributed by atoms with E-state index in [9.17, 15) is 9.59 Å². The van der Waals surface area contributed by atoms with Crippen LogP contribution in [0.25, 0.3) is 0 Å². The maximum Gasteiger partial charge on any atom is 0.317 e. The first kappa shape index (κ1) is 12.7. The lowest BCUT2D eigenvalue weighted by molar-refractivity contribution is -0.140. The summed E-state index contributed by atoms with van der Waals surface area (Å²) < 4.78 is 0. The molecule has 1 unspecified atom stereocenters. The second-order valence-corrected chi connectivity index (χ2v) is 3.63. The van der Waals surface area contributed by atoms with Crippen molar-refractivity contribution >= 4 is 12.0 Å². The van der Waals surface area contributed by atoms with Crippen LogP contribution in [0.3, 0.4) is 0 Å². The Balaban J connectivity index is 3.91. The molecule has 2 amide bonds. The zero-order chi connectivity index (χ0) is 11.3. The number of urea groups is 1. The minimum atomic E-state index is -0.905. The third kappa shape index (κ3) is 4.11. The molecule has 0 heterocycles. The van der Waals surface area contributed by atoms with Crippen LogP contribution < -0.4 is 5.32 Å². The van der Waals surface area contributed by atoms with Gasteiger partial charge in [0.1, 0.15) is 0 Å². The molecule has 0 spiro atoms. The van der Waals surface area contributed by atoms with E-state index in [0.717, 1.165) is 0 Å². The van der Waals surface area contributed by atoms with Crippen LogP contribution >= 0.6 is 0 Å². The van der Waals surface area contributed by atoms with Crippen LogP contribution in [0.2, 0.25) is 0 Å². The Morgan fingerprint density at radius 2 is 1.86 bits per heavy atom. The molecule has 0 aromatic rings. The van der Waals surface area contributed by atoms with Crippen molar-refractivity contribution in [1.82, 2.24) is 10.2 Å². The Bertz CT molecular complexity index is 216. The molecular weight excluding hydrogens is 184 g/mol. The largest absolute Gasteiger partial charge is 0.481 e. The summed E-state index contributed by atoms with van der Waals surface area (Å²) in [5, 5.41) is 11.1. The maximum atomic E-state index is 11.3. The van der Waals surface area contributed by atoms with Gasteiger partial charge in [0.15, 0.2) is 0 Å². The molecule has 0 aliphatic carbocycles. The van der Waals surface area contributed by atoms with Gasteiger partial charge in [0.2, 0.25) is 0 Å². The molecule has 0 aromatic carbocycles. The molecule has 5 nitrogen and oxygen atoms in total. The van der Waals surface area contributed by atoms with E-state index in [-0.39, 0.29) is 18.6 Å². The predicted molar refractivity (Wildman–Crippen MR) is 53.1 cm³/mol. The molecule has 14 heavy (non-hydrogen) atoms. The molecule has 2 N–H and O–H groups in total. The Labute approximate surface area is 84.1 Å². The number of nitrogens with zero attached hydrogens (tertiary/aromatic N) is 1. The van der Waals surface area contributed by atoms with Crippen molar-refractivity contribution in [1.29, 1.82) is 0 Å². The molecule has 0 radical (unpaired) electrons. The van der Waals surface area contributed by atoms with Crippen molar-refractivity contribution in [3.05, 3.63) is 0 Å². The summed E-state index contributed by atoms with van der Waals surface area (Å²) in [4.78, 5) is 23.3. The second kappa shape index (κ2) is 5.47. The lowest BCUT2D eigenvalue weighted by Gasteiger charge is -2.22. The summed E-state index contributed by atoms with van der Waals surface area (Å²) in [7, 11) is 1.67. The Morgan fingerprint density at radius 3 is 2.21 bits per heavy atom. The van der Waals surface area contributed by atoms with Crippen LogP contribution in [0.5, 0.6) is 0 Å². The van der Waals surface area contributed by atoms with E-state index in [0.29, 0.717) is 0 Å². The number of aliphatic carboxylic acids is 1. The van der Waals surface area contributed by atoms with Gasteiger partial charge in [-0.15, -0.1) is 0 Å². The van der Waals surface area contributed by atoms with E-state index in [1.165, 1.54) is 4.90 Å². The van der Waals surface area contributed by atoms with Crippen molar-refractivity contribution in [3.63, 3.8) is 0 Å². The van der Waals surface area contributed by atoms with E-state index in [1.807, 2.05) is 13.8 Å². The summed E-state index contributed by atoms with van der Waals surface area (Å²) in [6.07, 6.45) is 0. The normalized spacial score (nSPS) is 12.4. The van der Waals surface area contributed by atoms with E-state index in [2.05, 4.69) is 5.32 Å². The summed E-state index contributed by atoms with van der Waals surface area (Å²) >= 11 is 0. The Morgan fingerprint density at radius 1 is 1.36 bits per heavy atom. The minimum absolute atomic E-state index is 0.107. The van der Waals surface area contributed by atoms with Crippen molar-refractivity contribution in [2.24, 2.45) is 5.92 Å². The number of rotatable bonds is 4. The van der Waals surface area contributed by atoms with Crippen molar-refractivity contribution in [3.8, 4) is 0 Å². The summed E-state index contributed by atoms with van der Waals surface area (Å²) in [5.74, 6) is -1.46. The fraction of sp³-hybridized carbons (Fsp3) is 0.778. The van der Waals surface area contributed by atoms with Gasteiger partial charge in [0.05, 0.1) is 5.92 Å². The van der Waals surface area contributed by atoms with E-state index in [1.54, 1.807) is 14.0 Å². The first-order valence-corrected chi connectivity index (χ1v) is 4.59. The highest BCUT2D eigenvalue weighted by molar-refractivity contribution is 5.75. The molecule has 82 valence electrons. The third-order valence-electron chi connectivity index (χ3n) is 2.08. The Kier molecular flexibility index (Phi) is 4.97. The average Bonchev–Trinajstić information content (AvgIpc) is 2.11. The van der Waals surface area contributed by atoms with Gasteiger partial charge >= 0.3 is 12.0 Å². The van der Waals surface area contributed by atoms with Crippen LogP contribution in [0.15, 0.2) is 0 Å². The number of amides is 2. The third-order valence-corrected chi connectivity index (χ3v) is 2.08. The van der Waals surface area contributed by atoms with E-state index in [4.69, 9.17) is 5.11 Å². The number of carbonyl (C=O) groups excluding carboxylic acids is 1. The lowest BCUT2D eigenvalue weighted by Crippen LogP contribution is -2.43. The monoisotopic (exact) mass is 202 g/mol. The zero-order valence-corrected chi connectivity index (χ0v) is 9.07. The molecular formula is C9H18N2O3. The molecule has 0 saturated carbocycles. The molecule has 0 bridgehead atoms. The van der Waals surface area contributed by atoms with Crippen molar-refractivity contribution in [2.45, 2.75) is 26.8 Å². The van der Waals surface area contributed by atoms with Gasteiger partial charge in [-0.25, -0.2) is 4.79 Å².